The molecule has 4 nitrogen and oxygen atoms in total. The summed E-state index contributed by atoms with van der Waals surface area (Å²) in [4.78, 5) is 13.7. The van der Waals surface area contributed by atoms with E-state index in [2.05, 4.69) is 25.2 Å². The van der Waals surface area contributed by atoms with Crippen LogP contribution in [0.2, 0.25) is 0 Å². The van der Waals surface area contributed by atoms with Crippen LogP contribution in [0.4, 0.5) is 0 Å². The smallest absolute Gasteiger partial charge is 0.234 e. The van der Waals surface area contributed by atoms with Gasteiger partial charge in [0.1, 0.15) is 0 Å². The summed E-state index contributed by atoms with van der Waals surface area (Å²) in [5, 5.41) is 11.9. The van der Waals surface area contributed by atoms with Crippen LogP contribution in [0.3, 0.4) is 0 Å². The van der Waals surface area contributed by atoms with Gasteiger partial charge in [-0.25, -0.2) is 0 Å². The zero-order valence-electron chi connectivity index (χ0n) is 10.9. The van der Waals surface area contributed by atoms with Crippen molar-refractivity contribution in [3.8, 4) is 6.07 Å². The molecule has 0 radical (unpaired) electrons. The van der Waals surface area contributed by atoms with Gasteiger partial charge >= 0.3 is 0 Å². The highest BCUT2D eigenvalue weighted by atomic mass is 16.2. The van der Waals surface area contributed by atoms with Crippen molar-refractivity contribution in [2.45, 2.75) is 45.6 Å². The fourth-order valence-corrected chi connectivity index (χ4v) is 2.07. The maximum Gasteiger partial charge on any atom is 0.234 e. The number of nitriles is 1. The SMILES string of the molecule is CC(C)CCNC(=O)CN1CCCCC1C#N. The largest absolute Gasteiger partial charge is 0.355 e. The fraction of sp³-hybridized carbons (Fsp3) is 0.846. The number of rotatable bonds is 5. The van der Waals surface area contributed by atoms with Crippen LogP contribution in [0, 0.1) is 17.2 Å². The van der Waals surface area contributed by atoms with E-state index in [-0.39, 0.29) is 11.9 Å². The Morgan fingerprint density at radius 1 is 1.53 bits per heavy atom. The Morgan fingerprint density at radius 2 is 2.29 bits per heavy atom. The summed E-state index contributed by atoms with van der Waals surface area (Å²) in [6.45, 7) is 6.26. The highest BCUT2D eigenvalue weighted by molar-refractivity contribution is 5.78. The second kappa shape index (κ2) is 7.29. The molecule has 1 atom stereocenters. The predicted octanol–water partition coefficient (Wildman–Crippen LogP) is 1.53. The Bertz CT molecular complexity index is 283. The van der Waals surface area contributed by atoms with Gasteiger partial charge in [0.05, 0.1) is 18.7 Å². The molecule has 0 aromatic carbocycles. The lowest BCUT2D eigenvalue weighted by atomic mass is 10.0. The molecule has 1 amide bonds. The second-order valence-corrected chi connectivity index (χ2v) is 5.14. The molecule has 1 heterocycles. The van der Waals surface area contributed by atoms with Crippen molar-refractivity contribution in [3.05, 3.63) is 0 Å². The van der Waals surface area contributed by atoms with Crippen molar-refractivity contribution in [2.75, 3.05) is 19.6 Å². The molecule has 0 spiro atoms. The Labute approximate surface area is 104 Å². The molecule has 0 aliphatic carbocycles. The molecule has 1 saturated heterocycles. The number of hydrogen-bond acceptors (Lipinski definition) is 3. The van der Waals surface area contributed by atoms with Crippen LogP contribution in [0.15, 0.2) is 0 Å². The predicted molar refractivity (Wildman–Crippen MR) is 67.3 cm³/mol. The molecule has 17 heavy (non-hydrogen) atoms. The van der Waals surface area contributed by atoms with Gasteiger partial charge in [0.2, 0.25) is 5.91 Å². The minimum absolute atomic E-state index is 0.0489. The van der Waals surface area contributed by atoms with Crippen LogP contribution in [-0.4, -0.2) is 36.5 Å². The first-order valence-electron chi connectivity index (χ1n) is 6.54. The third-order valence-corrected chi connectivity index (χ3v) is 3.15. The van der Waals surface area contributed by atoms with Crippen molar-refractivity contribution >= 4 is 5.91 Å². The number of carbonyl (C=O) groups excluding carboxylic acids is 1. The van der Waals surface area contributed by atoms with Crippen molar-refractivity contribution in [2.24, 2.45) is 5.92 Å². The van der Waals surface area contributed by atoms with Gasteiger partial charge in [-0.1, -0.05) is 13.8 Å². The van der Waals surface area contributed by atoms with Gasteiger partial charge in [0, 0.05) is 6.54 Å². The lowest BCUT2D eigenvalue weighted by Crippen LogP contribution is -2.45. The number of hydrogen-bond donors (Lipinski definition) is 1. The van der Waals surface area contributed by atoms with Gasteiger partial charge in [-0.05, 0) is 38.1 Å². The van der Waals surface area contributed by atoms with E-state index < -0.39 is 0 Å². The summed E-state index contributed by atoms with van der Waals surface area (Å²) >= 11 is 0. The lowest BCUT2D eigenvalue weighted by molar-refractivity contribution is -0.122. The standard InChI is InChI=1S/C13H23N3O/c1-11(2)6-7-15-13(17)10-16-8-4-3-5-12(16)9-14/h11-12H,3-8,10H2,1-2H3,(H,15,17). The van der Waals surface area contributed by atoms with Gasteiger partial charge < -0.3 is 5.32 Å². The second-order valence-electron chi connectivity index (χ2n) is 5.14. The Hall–Kier alpha value is -1.08. The molecular weight excluding hydrogens is 214 g/mol. The summed E-state index contributed by atoms with van der Waals surface area (Å²) in [7, 11) is 0. The van der Waals surface area contributed by atoms with Crippen molar-refractivity contribution < 1.29 is 4.79 Å². The molecule has 1 aliphatic rings. The maximum absolute atomic E-state index is 11.7. The molecule has 1 rings (SSSR count). The summed E-state index contributed by atoms with van der Waals surface area (Å²) < 4.78 is 0. The molecule has 4 heteroatoms. The number of likely N-dealkylation sites (tertiary alicyclic amines) is 1. The molecule has 1 unspecified atom stereocenters. The molecule has 1 fully saturated rings. The third-order valence-electron chi connectivity index (χ3n) is 3.15. The minimum atomic E-state index is -0.0698. The van der Waals surface area contributed by atoms with Gasteiger partial charge in [-0.2, -0.15) is 5.26 Å². The Morgan fingerprint density at radius 3 is 2.94 bits per heavy atom. The highest BCUT2D eigenvalue weighted by Gasteiger charge is 2.23. The van der Waals surface area contributed by atoms with Gasteiger partial charge in [0.25, 0.3) is 0 Å². The van der Waals surface area contributed by atoms with Crippen LogP contribution >= 0.6 is 0 Å². The van der Waals surface area contributed by atoms with Crippen molar-refractivity contribution in [1.82, 2.24) is 10.2 Å². The molecule has 96 valence electrons. The average Bonchev–Trinajstić information content (AvgIpc) is 2.29. The lowest BCUT2D eigenvalue weighted by Gasteiger charge is -2.30. The highest BCUT2D eigenvalue weighted by Crippen LogP contribution is 2.15. The topological polar surface area (TPSA) is 56.1 Å². The number of nitrogens with one attached hydrogen (secondary N) is 1. The molecule has 0 bridgehead atoms. The minimum Gasteiger partial charge on any atom is -0.355 e. The van der Waals surface area contributed by atoms with E-state index in [4.69, 9.17) is 5.26 Å². The first-order chi connectivity index (χ1) is 8.13. The molecule has 1 aliphatic heterocycles. The van der Waals surface area contributed by atoms with E-state index in [9.17, 15) is 4.79 Å². The van der Waals surface area contributed by atoms with Gasteiger partial charge in [-0.15, -0.1) is 0 Å². The normalized spacial score (nSPS) is 21.2. The van der Waals surface area contributed by atoms with Crippen LogP contribution in [-0.2, 0) is 4.79 Å². The van der Waals surface area contributed by atoms with Gasteiger partial charge in [0.15, 0.2) is 0 Å². The number of carbonyl (C=O) groups is 1. The van der Waals surface area contributed by atoms with E-state index in [0.717, 1.165) is 38.8 Å². The summed E-state index contributed by atoms with van der Waals surface area (Å²) in [5.74, 6) is 0.657. The monoisotopic (exact) mass is 237 g/mol. The number of piperidine rings is 1. The van der Waals surface area contributed by atoms with E-state index in [1.807, 2.05) is 4.90 Å². The van der Waals surface area contributed by atoms with Crippen molar-refractivity contribution in [1.29, 1.82) is 5.26 Å². The van der Waals surface area contributed by atoms with Gasteiger partial charge in [-0.3, -0.25) is 9.69 Å². The van der Waals surface area contributed by atoms with Crippen molar-refractivity contribution in [3.63, 3.8) is 0 Å². The fourth-order valence-electron chi connectivity index (χ4n) is 2.07. The molecule has 0 saturated carbocycles. The zero-order chi connectivity index (χ0) is 12.7. The van der Waals surface area contributed by atoms with E-state index in [1.165, 1.54) is 0 Å². The Balaban J connectivity index is 2.27. The average molecular weight is 237 g/mol. The summed E-state index contributed by atoms with van der Waals surface area (Å²) in [6.07, 6.45) is 4.10. The summed E-state index contributed by atoms with van der Waals surface area (Å²) in [6, 6.07) is 2.21. The zero-order valence-corrected chi connectivity index (χ0v) is 10.9. The summed E-state index contributed by atoms with van der Waals surface area (Å²) in [5.41, 5.74) is 0. The van der Waals surface area contributed by atoms with E-state index >= 15 is 0 Å². The maximum atomic E-state index is 11.7. The van der Waals surface area contributed by atoms with E-state index in [1.54, 1.807) is 0 Å². The molecule has 0 aromatic heterocycles. The first kappa shape index (κ1) is 14.0. The van der Waals surface area contributed by atoms with Crippen LogP contribution < -0.4 is 5.32 Å². The Kier molecular flexibility index (Phi) is 5.99. The number of nitrogens with zero attached hydrogens (tertiary/aromatic N) is 2. The molecule has 1 N–H and O–H groups in total. The number of amides is 1. The molecular formula is C13H23N3O. The van der Waals surface area contributed by atoms with Crippen LogP contribution in [0.25, 0.3) is 0 Å². The third kappa shape index (κ3) is 5.18. The molecule has 0 aromatic rings. The quantitative estimate of drug-likeness (QED) is 0.789. The van der Waals surface area contributed by atoms with Crippen LogP contribution in [0.1, 0.15) is 39.5 Å². The first-order valence-corrected chi connectivity index (χ1v) is 6.54. The van der Waals surface area contributed by atoms with Crippen LogP contribution in [0.5, 0.6) is 0 Å². The van der Waals surface area contributed by atoms with E-state index in [0.29, 0.717) is 12.5 Å².